The molecule has 2 unspecified atom stereocenters. The minimum absolute atomic E-state index is 0.0194. The number of nitrogens with one attached hydrogen (secondary N) is 1. The van der Waals surface area contributed by atoms with E-state index >= 15 is 0 Å². The first kappa shape index (κ1) is 17.0. The van der Waals surface area contributed by atoms with Gasteiger partial charge in [-0.25, -0.2) is 0 Å². The van der Waals surface area contributed by atoms with Gasteiger partial charge in [-0.2, -0.15) is 0 Å². The summed E-state index contributed by atoms with van der Waals surface area (Å²) in [6, 6.07) is 0. The third-order valence-electron chi connectivity index (χ3n) is 4.35. The van der Waals surface area contributed by atoms with E-state index in [1.54, 1.807) is 6.92 Å². The summed E-state index contributed by atoms with van der Waals surface area (Å²) in [7, 11) is 0. The number of hydrogen-bond donors (Lipinski definition) is 2. The Hall–Kier alpha value is -1.10. The number of ether oxygens (including phenoxy) is 1. The summed E-state index contributed by atoms with van der Waals surface area (Å²) in [6.07, 6.45) is 4.41. The maximum absolute atomic E-state index is 11.9. The van der Waals surface area contributed by atoms with Gasteiger partial charge in [-0.05, 0) is 38.5 Å². The predicted octanol–water partition coefficient (Wildman–Crippen LogP) is 2.20. The SMILES string of the molecule is CC(C)C(C)(CC(=O)NCCC1CCCCO1)C(=O)O. The van der Waals surface area contributed by atoms with E-state index in [0.29, 0.717) is 6.54 Å². The van der Waals surface area contributed by atoms with Crippen LogP contribution in [-0.2, 0) is 14.3 Å². The third-order valence-corrected chi connectivity index (χ3v) is 4.35. The van der Waals surface area contributed by atoms with Crippen LogP contribution in [0.2, 0.25) is 0 Å². The van der Waals surface area contributed by atoms with E-state index in [1.165, 1.54) is 6.42 Å². The summed E-state index contributed by atoms with van der Waals surface area (Å²) in [5.41, 5.74) is -1.01. The minimum atomic E-state index is -1.01. The minimum Gasteiger partial charge on any atom is -0.481 e. The molecular formula is C15H27NO4. The first-order chi connectivity index (χ1) is 9.36. The number of carbonyl (C=O) groups is 2. The van der Waals surface area contributed by atoms with E-state index in [0.717, 1.165) is 25.9 Å². The predicted molar refractivity (Wildman–Crippen MR) is 76.4 cm³/mol. The summed E-state index contributed by atoms with van der Waals surface area (Å²) in [5, 5.41) is 12.1. The molecule has 2 atom stereocenters. The largest absolute Gasteiger partial charge is 0.481 e. The summed E-state index contributed by atoms with van der Waals surface area (Å²) in [4.78, 5) is 23.2. The van der Waals surface area contributed by atoms with Crippen molar-refractivity contribution in [2.24, 2.45) is 11.3 Å². The van der Waals surface area contributed by atoms with Gasteiger partial charge in [-0.1, -0.05) is 13.8 Å². The topological polar surface area (TPSA) is 75.6 Å². The molecule has 1 saturated heterocycles. The Balaban J connectivity index is 2.33. The molecule has 5 heteroatoms. The van der Waals surface area contributed by atoms with Crippen molar-refractivity contribution in [1.82, 2.24) is 5.32 Å². The highest BCUT2D eigenvalue weighted by Crippen LogP contribution is 2.31. The van der Waals surface area contributed by atoms with Crippen LogP contribution in [0.4, 0.5) is 0 Å². The van der Waals surface area contributed by atoms with Gasteiger partial charge in [-0.3, -0.25) is 9.59 Å². The van der Waals surface area contributed by atoms with Crippen molar-refractivity contribution in [3.8, 4) is 0 Å². The van der Waals surface area contributed by atoms with Crippen LogP contribution in [0.1, 0.15) is 52.9 Å². The first-order valence-corrected chi connectivity index (χ1v) is 7.48. The lowest BCUT2D eigenvalue weighted by atomic mass is 9.76. The summed E-state index contributed by atoms with van der Waals surface area (Å²) in [5.74, 6) is -1.20. The van der Waals surface area contributed by atoms with E-state index in [-0.39, 0.29) is 24.3 Å². The second-order valence-corrected chi connectivity index (χ2v) is 6.18. The third kappa shape index (κ3) is 4.78. The van der Waals surface area contributed by atoms with Crippen molar-refractivity contribution in [2.75, 3.05) is 13.2 Å². The van der Waals surface area contributed by atoms with Gasteiger partial charge < -0.3 is 15.2 Å². The first-order valence-electron chi connectivity index (χ1n) is 7.48. The Morgan fingerprint density at radius 3 is 2.60 bits per heavy atom. The Kier molecular flexibility index (Phi) is 6.46. The van der Waals surface area contributed by atoms with Gasteiger partial charge in [-0.15, -0.1) is 0 Å². The van der Waals surface area contributed by atoms with Crippen molar-refractivity contribution in [3.63, 3.8) is 0 Å². The molecular weight excluding hydrogens is 258 g/mol. The highest BCUT2D eigenvalue weighted by atomic mass is 16.5. The molecule has 0 aromatic rings. The normalized spacial score (nSPS) is 22.3. The average Bonchev–Trinajstić information content (AvgIpc) is 2.39. The van der Waals surface area contributed by atoms with Crippen LogP contribution in [0, 0.1) is 11.3 Å². The lowest BCUT2D eigenvalue weighted by molar-refractivity contribution is -0.153. The Morgan fingerprint density at radius 2 is 2.10 bits per heavy atom. The second-order valence-electron chi connectivity index (χ2n) is 6.18. The van der Waals surface area contributed by atoms with Crippen LogP contribution in [0.15, 0.2) is 0 Å². The van der Waals surface area contributed by atoms with Gasteiger partial charge >= 0.3 is 5.97 Å². The zero-order valence-corrected chi connectivity index (χ0v) is 12.8. The maximum atomic E-state index is 11.9. The highest BCUT2D eigenvalue weighted by molar-refractivity contribution is 5.84. The fraction of sp³-hybridized carbons (Fsp3) is 0.867. The molecule has 1 aliphatic heterocycles. The van der Waals surface area contributed by atoms with Gasteiger partial charge in [0.05, 0.1) is 11.5 Å². The Morgan fingerprint density at radius 1 is 1.40 bits per heavy atom. The van der Waals surface area contributed by atoms with Gasteiger partial charge in [0.25, 0.3) is 0 Å². The zero-order valence-electron chi connectivity index (χ0n) is 12.8. The number of carboxylic acids is 1. The summed E-state index contributed by atoms with van der Waals surface area (Å²) >= 11 is 0. The lowest BCUT2D eigenvalue weighted by Gasteiger charge is -2.28. The zero-order chi connectivity index (χ0) is 15.2. The maximum Gasteiger partial charge on any atom is 0.310 e. The summed E-state index contributed by atoms with van der Waals surface area (Å²) in [6.45, 7) is 6.65. The summed E-state index contributed by atoms with van der Waals surface area (Å²) < 4.78 is 5.59. The van der Waals surface area contributed by atoms with E-state index in [4.69, 9.17) is 4.74 Å². The molecule has 5 nitrogen and oxygen atoms in total. The molecule has 1 heterocycles. The number of rotatable bonds is 7. The van der Waals surface area contributed by atoms with E-state index in [2.05, 4.69) is 5.32 Å². The van der Waals surface area contributed by atoms with E-state index in [1.807, 2.05) is 13.8 Å². The van der Waals surface area contributed by atoms with E-state index in [9.17, 15) is 14.7 Å². The van der Waals surface area contributed by atoms with Crippen LogP contribution in [0.3, 0.4) is 0 Å². The number of amides is 1. The molecule has 0 aliphatic carbocycles. The van der Waals surface area contributed by atoms with Crippen LogP contribution in [0.5, 0.6) is 0 Å². The van der Waals surface area contributed by atoms with Crippen molar-refractivity contribution < 1.29 is 19.4 Å². The number of carbonyl (C=O) groups excluding carboxylic acids is 1. The molecule has 1 fully saturated rings. The molecule has 1 amide bonds. The van der Waals surface area contributed by atoms with Crippen LogP contribution in [-0.4, -0.2) is 36.2 Å². The van der Waals surface area contributed by atoms with Crippen molar-refractivity contribution in [2.45, 2.75) is 59.0 Å². The number of hydrogen-bond acceptors (Lipinski definition) is 3. The number of carboxylic acid groups (broad SMARTS) is 1. The molecule has 0 saturated carbocycles. The molecule has 0 bridgehead atoms. The van der Waals surface area contributed by atoms with Gasteiger partial charge in [0.15, 0.2) is 0 Å². The van der Waals surface area contributed by atoms with E-state index < -0.39 is 11.4 Å². The van der Waals surface area contributed by atoms with Crippen LogP contribution >= 0.6 is 0 Å². The van der Waals surface area contributed by atoms with Crippen LogP contribution < -0.4 is 5.32 Å². The molecule has 0 aromatic carbocycles. The lowest BCUT2D eigenvalue weighted by Crippen LogP contribution is -2.39. The van der Waals surface area contributed by atoms with Crippen molar-refractivity contribution in [1.29, 1.82) is 0 Å². The average molecular weight is 285 g/mol. The smallest absolute Gasteiger partial charge is 0.310 e. The molecule has 0 radical (unpaired) electrons. The van der Waals surface area contributed by atoms with Gasteiger partial charge in [0.2, 0.25) is 5.91 Å². The molecule has 20 heavy (non-hydrogen) atoms. The van der Waals surface area contributed by atoms with Gasteiger partial charge in [0, 0.05) is 19.6 Å². The van der Waals surface area contributed by atoms with Crippen molar-refractivity contribution >= 4 is 11.9 Å². The molecule has 116 valence electrons. The molecule has 0 spiro atoms. The van der Waals surface area contributed by atoms with Gasteiger partial charge in [0.1, 0.15) is 0 Å². The monoisotopic (exact) mass is 285 g/mol. The van der Waals surface area contributed by atoms with Crippen LogP contribution in [0.25, 0.3) is 0 Å². The fourth-order valence-electron chi connectivity index (χ4n) is 2.33. The standard InChI is InChI=1S/C15H27NO4/c1-11(2)15(3,14(18)19)10-13(17)16-8-7-12-6-4-5-9-20-12/h11-12H,4-10H2,1-3H3,(H,16,17)(H,18,19). The Bertz CT molecular complexity index is 337. The number of aliphatic carboxylic acids is 1. The molecule has 1 rings (SSSR count). The fourth-order valence-corrected chi connectivity index (χ4v) is 2.33. The molecule has 1 aliphatic rings. The Labute approximate surface area is 121 Å². The van der Waals surface area contributed by atoms with Crippen molar-refractivity contribution in [3.05, 3.63) is 0 Å². The quantitative estimate of drug-likeness (QED) is 0.752. The molecule has 0 aromatic heterocycles. The second kappa shape index (κ2) is 7.62. The molecule has 2 N–H and O–H groups in total. The highest BCUT2D eigenvalue weighted by Gasteiger charge is 2.38.